The molecule has 0 aliphatic heterocycles. The molecule has 0 radical (unpaired) electrons. The van der Waals surface area contributed by atoms with Crippen molar-refractivity contribution in [1.82, 2.24) is 0 Å². The Labute approximate surface area is 235 Å². The van der Waals surface area contributed by atoms with Crippen LogP contribution in [0.4, 0.5) is 0 Å². The van der Waals surface area contributed by atoms with Crippen molar-refractivity contribution in [1.29, 1.82) is 0 Å². The predicted molar refractivity (Wildman–Crippen MR) is 173 cm³/mol. The summed E-state index contributed by atoms with van der Waals surface area (Å²) in [6.45, 7) is 34.0. The summed E-state index contributed by atoms with van der Waals surface area (Å²) in [6, 6.07) is 14.2. The maximum absolute atomic E-state index is 2.65. The van der Waals surface area contributed by atoms with Crippen molar-refractivity contribution < 1.29 is 0 Å². The van der Waals surface area contributed by atoms with Crippen LogP contribution in [-0.4, -0.2) is 8.07 Å². The Kier molecular flexibility index (Phi) is 7.23. The molecule has 0 spiro atoms. The molecule has 2 aliphatic rings. The number of hydrogen-bond donors (Lipinski definition) is 0. The Bertz CT molecular complexity index is 1360. The molecule has 0 fully saturated rings. The second kappa shape index (κ2) is 9.51. The Hall–Kier alpha value is -2.12. The van der Waals surface area contributed by atoms with Crippen LogP contribution in [0.2, 0.25) is 13.1 Å². The van der Waals surface area contributed by atoms with E-state index in [0.717, 1.165) is 0 Å². The van der Waals surface area contributed by atoms with Crippen LogP contribution in [0.3, 0.4) is 0 Å². The minimum absolute atomic E-state index is 0.0482. The van der Waals surface area contributed by atoms with Crippen LogP contribution in [0.25, 0.3) is 11.6 Å². The van der Waals surface area contributed by atoms with Gasteiger partial charge in [0, 0.05) is 5.54 Å². The van der Waals surface area contributed by atoms with Crippen molar-refractivity contribution in [3.05, 3.63) is 91.7 Å². The lowest BCUT2D eigenvalue weighted by Gasteiger charge is -2.40. The summed E-state index contributed by atoms with van der Waals surface area (Å²) in [5.41, 5.74) is 15.9. The second-order valence-electron chi connectivity index (χ2n) is 15.1. The van der Waals surface area contributed by atoms with Gasteiger partial charge in [-0.25, -0.2) is 0 Å². The summed E-state index contributed by atoms with van der Waals surface area (Å²) in [6.07, 6.45) is 2.56. The van der Waals surface area contributed by atoms with Gasteiger partial charge in [0.05, 0.1) is 8.07 Å². The molecule has 0 nitrogen and oxygen atoms in total. The van der Waals surface area contributed by atoms with Gasteiger partial charge in [0.2, 0.25) is 0 Å². The van der Waals surface area contributed by atoms with Crippen LogP contribution < -0.4 is 0 Å². The van der Waals surface area contributed by atoms with Crippen LogP contribution in [0.1, 0.15) is 128 Å². The van der Waals surface area contributed by atoms with Crippen molar-refractivity contribution in [3.63, 3.8) is 0 Å². The van der Waals surface area contributed by atoms with E-state index in [9.17, 15) is 0 Å². The van der Waals surface area contributed by atoms with Crippen molar-refractivity contribution in [2.45, 2.75) is 118 Å². The lowest BCUT2D eigenvalue weighted by Crippen LogP contribution is -2.40. The van der Waals surface area contributed by atoms with Gasteiger partial charge in [-0.3, -0.25) is 0 Å². The highest BCUT2D eigenvalue weighted by atomic mass is 28.3. The summed E-state index contributed by atoms with van der Waals surface area (Å²) in [4.78, 5) is 0. The lowest BCUT2D eigenvalue weighted by atomic mass is 9.70. The van der Waals surface area contributed by atoms with Gasteiger partial charge in [0.15, 0.2) is 0 Å². The number of allylic oxidation sites excluding steroid dienone is 5. The van der Waals surface area contributed by atoms with Crippen LogP contribution in [-0.2, 0) is 10.8 Å². The Morgan fingerprint density at radius 2 is 1.39 bits per heavy atom. The Morgan fingerprint density at radius 1 is 0.789 bits per heavy atom. The second-order valence-corrected chi connectivity index (χ2v) is 19.6. The molecular formula is C37H52Si. The molecule has 0 aromatic heterocycles. The van der Waals surface area contributed by atoms with Crippen LogP contribution in [0.15, 0.2) is 58.3 Å². The topological polar surface area (TPSA) is 0 Å². The molecular weight excluding hydrogens is 472 g/mol. The molecule has 0 bridgehead atoms. The van der Waals surface area contributed by atoms with Crippen molar-refractivity contribution in [2.75, 3.05) is 0 Å². The minimum atomic E-state index is -1.95. The smallest absolute Gasteiger partial charge is 0.0700 e. The van der Waals surface area contributed by atoms with E-state index in [-0.39, 0.29) is 10.8 Å². The zero-order valence-electron chi connectivity index (χ0n) is 26.8. The molecule has 2 atom stereocenters. The average molecular weight is 525 g/mol. The normalized spacial score (nSPS) is 20.6. The zero-order valence-corrected chi connectivity index (χ0v) is 27.8. The summed E-state index contributed by atoms with van der Waals surface area (Å²) in [5.74, 6) is 1.02. The first-order chi connectivity index (χ1) is 17.4. The zero-order chi connectivity index (χ0) is 28.5. The van der Waals surface area contributed by atoms with E-state index in [0.29, 0.717) is 17.4 Å². The molecule has 1 heteroatoms. The fourth-order valence-electron chi connectivity index (χ4n) is 7.82. The molecule has 0 saturated carbocycles. The van der Waals surface area contributed by atoms with E-state index in [1.54, 1.807) is 38.6 Å². The molecule has 2 unspecified atom stereocenters. The van der Waals surface area contributed by atoms with E-state index >= 15 is 0 Å². The van der Waals surface area contributed by atoms with Crippen molar-refractivity contribution in [3.8, 4) is 0 Å². The first kappa shape index (κ1) is 28.9. The lowest BCUT2D eigenvalue weighted by molar-refractivity contribution is 0.545. The van der Waals surface area contributed by atoms with Crippen LogP contribution in [0.5, 0.6) is 0 Å². The molecule has 0 saturated heterocycles. The molecule has 2 aliphatic carbocycles. The SMILES string of the molecule is CC1=C(C)C(C)C([Si](C)(C)C2C(c3ccc(C(C)(C)C)c(C(C)C)c3C(C)(C)C)=Cc3ccccc32)=C1C. The minimum Gasteiger partial charge on any atom is -0.0700 e. The quantitative estimate of drug-likeness (QED) is 0.349. The third-order valence-electron chi connectivity index (χ3n) is 9.68. The monoisotopic (exact) mass is 524 g/mol. The summed E-state index contributed by atoms with van der Waals surface area (Å²) in [7, 11) is -1.95. The van der Waals surface area contributed by atoms with Crippen LogP contribution in [0, 0.1) is 5.92 Å². The van der Waals surface area contributed by atoms with Gasteiger partial charge < -0.3 is 0 Å². The highest BCUT2D eigenvalue weighted by Crippen LogP contribution is 2.55. The standard InChI is InChI=1S/C37H52Si/c1-22(2)32-31(36(7,8)9)20-19-29(33(32)37(10,11)12)30-21-27-17-15-16-18-28(27)35(30)38(13,14)34-25(5)23(3)24(4)26(34)6/h15-22,25,35H,1-14H3. The van der Waals surface area contributed by atoms with Gasteiger partial charge >= 0.3 is 0 Å². The van der Waals surface area contributed by atoms with Crippen molar-refractivity contribution in [2.24, 2.45) is 5.92 Å². The Balaban J connectivity index is 2.05. The number of hydrogen-bond acceptors (Lipinski definition) is 0. The number of benzene rings is 2. The van der Waals surface area contributed by atoms with Gasteiger partial charge in [-0.2, -0.15) is 0 Å². The van der Waals surface area contributed by atoms with Gasteiger partial charge in [-0.15, -0.1) is 0 Å². The first-order valence-electron chi connectivity index (χ1n) is 14.8. The van der Waals surface area contributed by atoms with Gasteiger partial charge in [-0.05, 0) is 88.0 Å². The fraction of sp³-hybridized carbons (Fsp3) is 0.514. The summed E-state index contributed by atoms with van der Waals surface area (Å²) >= 11 is 0. The van der Waals surface area contributed by atoms with E-state index < -0.39 is 8.07 Å². The molecule has 0 N–H and O–H groups in total. The summed E-state index contributed by atoms with van der Waals surface area (Å²) < 4.78 is 0. The third kappa shape index (κ3) is 4.53. The maximum atomic E-state index is 2.65. The highest BCUT2D eigenvalue weighted by Gasteiger charge is 2.47. The van der Waals surface area contributed by atoms with E-state index in [1.165, 1.54) is 22.3 Å². The van der Waals surface area contributed by atoms with Gasteiger partial charge in [-0.1, -0.05) is 134 Å². The number of fused-ring (bicyclic) bond motifs is 1. The van der Waals surface area contributed by atoms with E-state index in [2.05, 4.69) is 139 Å². The first-order valence-corrected chi connectivity index (χ1v) is 17.9. The molecule has 38 heavy (non-hydrogen) atoms. The van der Waals surface area contributed by atoms with Gasteiger partial charge in [0.1, 0.15) is 0 Å². The Morgan fingerprint density at radius 3 is 1.89 bits per heavy atom. The molecule has 2 aromatic carbocycles. The molecule has 2 aromatic rings. The fourth-order valence-corrected chi connectivity index (χ4v) is 12.7. The molecule has 0 heterocycles. The third-order valence-corrected chi connectivity index (χ3v) is 13.9. The van der Waals surface area contributed by atoms with Gasteiger partial charge in [0.25, 0.3) is 0 Å². The maximum Gasteiger partial charge on any atom is 0.0888 e. The highest BCUT2D eigenvalue weighted by molar-refractivity contribution is 6.87. The van der Waals surface area contributed by atoms with E-state index in [1.807, 2.05) is 0 Å². The average Bonchev–Trinajstić information content (AvgIpc) is 3.29. The predicted octanol–water partition coefficient (Wildman–Crippen LogP) is 11.1. The van der Waals surface area contributed by atoms with Crippen LogP contribution >= 0.6 is 0 Å². The largest absolute Gasteiger partial charge is 0.0888 e. The molecule has 0 amide bonds. The molecule has 204 valence electrons. The van der Waals surface area contributed by atoms with Crippen molar-refractivity contribution >= 4 is 19.7 Å². The summed E-state index contributed by atoms with van der Waals surface area (Å²) in [5, 5.41) is 1.76. The molecule has 4 rings (SSSR count). The number of rotatable bonds is 4. The van der Waals surface area contributed by atoms with E-state index in [4.69, 9.17) is 0 Å².